The van der Waals surface area contributed by atoms with Crippen molar-refractivity contribution in [2.45, 2.75) is 13.0 Å². The van der Waals surface area contributed by atoms with Gasteiger partial charge >= 0.3 is 6.03 Å². The van der Waals surface area contributed by atoms with E-state index in [0.29, 0.717) is 67.6 Å². The summed E-state index contributed by atoms with van der Waals surface area (Å²) >= 11 is 0. The van der Waals surface area contributed by atoms with Crippen LogP contribution in [0.5, 0.6) is 0 Å². The number of ether oxygens (including phenoxy) is 2. The van der Waals surface area contributed by atoms with Crippen LogP contribution in [0, 0.1) is 0 Å². The first-order valence-electron chi connectivity index (χ1n) is 14.8. The second kappa shape index (κ2) is 13.3. The molecule has 3 fully saturated rings. The van der Waals surface area contributed by atoms with Crippen molar-refractivity contribution < 1.29 is 19.1 Å². The van der Waals surface area contributed by atoms with E-state index in [0.717, 1.165) is 44.8 Å². The van der Waals surface area contributed by atoms with Crippen LogP contribution in [0.15, 0.2) is 48.5 Å². The molecule has 3 saturated heterocycles. The SMILES string of the molecule is CC1CNCCN1C(=O)c1ccc(NC(=O)Nc2ccc(-c3nc(N4CCOCC4)nc(N4CCOCC4)n3)cc2)cc1. The number of nitrogens with zero attached hydrogens (tertiary/aromatic N) is 6. The number of benzene rings is 2. The molecule has 13 nitrogen and oxygen atoms in total. The molecule has 0 bridgehead atoms. The monoisotopic (exact) mass is 587 g/mol. The third-order valence-corrected chi connectivity index (χ3v) is 7.75. The van der Waals surface area contributed by atoms with E-state index < -0.39 is 0 Å². The fourth-order valence-electron chi connectivity index (χ4n) is 5.29. The second-order valence-corrected chi connectivity index (χ2v) is 10.7. The fourth-order valence-corrected chi connectivity index (χ4v) is 5.29. The first-order chi connectivity index (χ1) is 21.0. The van der Waals surface area contributed by atoms with Crippen molar-refractivity contribution in [1.29, 1.82) is 0 Å². The van der Waals surface area contributed by atoms with E-state index in [4.69, 9.17) is 24.4 Å². The smallest absolute Gasteiger partial charge is 0.323 e. The number of nitrogens with one attached hydrogen (secondary N) is 3. The van der Waals surface area contributed by atoms with Gasteiger partial charge in [-0.15, -0.1) is 0 Å². The molecule has 6 rings (SSSR count). The molecule has 3 N–H and O–H groups in total. The predicted octanol–water partition coefficient (Wildman–Crippen LogP) is 2.29. The molecule has 3 aliphatic rings. The maximum absolute atomic E-state index is 12.9. The van der Waals surface area contributed by atoms with Gasteiger partial charge in [0.25, 0.3) is 5.91 Å². The van der Waals surface area contributed by atoms with Crippen LogP contribution in [0.1, 0.15) is 17.3 Å². The molecule has 0 aliphatic carbocycles. The van der Waals surface area contributed by atoms with Crippen molar-refractivity contribution in [2.24, 2.45) is 0 Å². The zero-order valence-electron chi connectivity index (χ0n) is 24.3. The van der Waals surface area contributed by atoms with Gasteiger partial charge < -0.3 is 40.1 Å². The Bertz CT molecular complexity index is 1370. The molecule has 0 saturated carbocycles. The van der Waals surface area contributed by atoms with Gasteiger partial charge in [-0.3, -0.25) is 4.79 Å². The number of hydrogen-bond donors (Lipinski definition) is 3. The number of aromatic nitrogens is 3. The molecule has 1 unspecified atom stereocenters. The fraction of sp³-hybridized carbons (Fsp3) is 0.433. The van der Waals surface area contributed by atoms with E-state index in [9.17, 15) is 9.59 Å². The van der Waals surface area contributed by atoms with Gasteiger partial charge in [0.05, 0.1) is 26.4 Å². The maximum Gasteiger partial charge on any atom is 0.323 e. The standard InChI is InChI=1S/C30H37N9O4/c1-21-20-31-10-11-39(21)27(40)23-4-8-25(9-5-23)33-30(41)32-24-6-2-22(3-7-24)26-34-28(37-12-16-42-17-13-37)36-29(35-26)38-14-18-43-19-15-38/h2-9,21,31H,10-20H2,1H3,(H2,32,33,41). The Balaban J connectivity index is 1.11. The Morgan fingerprint density at radius 1 is 0.767 bits per heavy atom. The number of piperazine rings is 1. The summed E-state index contributed by atoms with van der Waals surface area (Å²) in [6.07, 6.45) is 0. The first-order valence-corrected chi connectivity index (χ1v) is 14.8. The highest BCUT2D eigenvalue weighted by molar-refractivity contribution is 6.00. The molecule has 2 aromatic carbocycles. The molecule has 4 heterocycles. The molecule has 3 aromatic rings. The summed E-state index contributed by atoms with van der Waals surface area (Å²) in [5.74, 6) is 1.83. The topological polar surface area (TPSA) is 137 Å². The van der Waals surface area contributed by atoms with Gasteiger partial charge in [0, 0.05) is 74.4 Å². The molecule has 3 amide bonds. The highest BCUT2D eigenvalue weighted by atomic mass is 16.5. The Hall–Kier alpha value is -4.33. The first kappa shape index (κ1) is 28.8. The van der Waals surface area contributed by atoms with Crippen molar-refractivity contribution in [1.82, 2.24) is 25.2 Å². The lowest BCUT2D eigenvalue weighted by molar-refractivity contribution is 0.0655. The molecular weight excluding hydrogens is 550 g/mol. The molecule has 226 valence electrons. The van der Waals surface area contributed by atoms with E-state index in [-0.39, 0.29) is 18.0 Å². The number of rotatable bonds is 6. The largest absolute Gasteiger partial charge is 0.378 e. The van der Waals surface area contributed by atoms with Crippen LogP contribution in [0.2, 0.25) is 0 Å². The van der Waals surface area contributed by atoms with Crippen molar-refractivity contribution in [3.8, 4) is 11.4 Å². The van der Waals surface area contributed by atoms with Gasteiger partial charge in [-0.05, 0) is 55.5 Å². The third-order valence-electron chi connectivity index (χ3n) is 7.75. The Labute approximate surface area is 250 Å². The molecular formula is C30H37N9O4. The van der Waals surface area contributed by atoms with E-state index in [1.807, 2.05) is 36.1 Å². The minimum atomic E-state index is -0.382. The predicted molar refractivity (Wildman–Crippen MR) is 164 cm³/mol. The average Bonchev–Trinajstić information content (AvgIpc) is 3.06. The lowest BCUT2D eigenvalue weighted by Gasteiger charge is -2.34. The summed E-state index contributed by atoms with van der Waals surface area (Å²) in [5.41, 5.74) is 2.63. The van der Waals surface area contributed by atoms with Crippen molar-refractivity contribution >= 4 is 35.2 Å². The van der Waals surface area contributed by atoms with Crippen LogP contribution in [0.25, 0.3) is 11.4 Å². The van der Waals surface area contributed by atoms with E-state index in [1.54, 1.807) is 24.3 Å². The van der Waals surface area contributed by atoms with Gasteiger partial charge in [-0.25, -0.2) is 4.79 Å². The lowest BCUT2D eigenvalue weighted by Crippen LogP contribution is -2.52. The summed E-state index contributed by atoms with van der Waals surface area (Å²) in [5, 5.41) is 8.98. The van der Waals surface area contributed by atoms with Crippen LogP contribution in [-0.2, 0) is 9.47 Å². The molecule has 13 heteroatoms. The van der Waals surface area contributed by atoms with Gasteiger partial charge in [0.15, 0.2) is 5.82 Å². The summed E-state index contributed by atoms with van der Waals surface area (Å²) < 4.78 is 11.0. The van der Waals surface area contributed by atoms with Gasteiger partial charge in [0.2, 0.25) is 11.9 Å². The van der Waals surface area contributed by atoms with Crippen LogP contribution < -0.4 is 25.8 Å². The Morgan fingerprint density at radius 3 is 1.84 bits per heavy atom. The Kier molecular flexibility index (Phi) is 8.91. The second-order valence-electron chi connectivity index (χ2n) is 10.7. The van der Waals surface area contributed by atoms with Gasteiger partial charge in [-0.1, -0.05) is 0 Å². The zero-order valence-corrected chi connectivity index (χ0v) is 24.3. The minimum absolute atomic E-state index is 0.00241. The molecule has 1 atom stereocenters. The maximum atomic E-state index is 12.9. The van der Waals surface area contributed by atoms with E-state index in [2.05, 4.69) is 25.8 Å². The summed E-state index contributed by atoms with van der Waals surface area (Å²) in [7, 11) is 0. The van der Waals surface area contributed by atoms with Gasteiger partial charge in [0.1, 0.15) is 0 Å². The molecule has 1 aromatic heterocycles. The molecule has 43 heavy (non-hydrogen) atoms. The summed E-state index contributed by atoms with van der Waals surface area (Å²) in [4.78, 5) is 46.1. The summed E-state index contributed by atoms with van der Waals surface area (Å²) in [6, 6.07) is 14.1. The van der Waals surface area contributed by atoms with Crippen LogP contribution in [0.4, 0.5) is 28.1 Å². The average molecular weight is 588 g/mol. The highest BCUT2D eigenvalue weighted by Crippen LogP contribution is 2.24. The number of amides is 3. The normalized spacial score (nSPS) is 19.2. The zero-order chi connectivity index (χ0) is 29.6. The van der Waals surface area contributed by atoms with Crippen LogP contribution in [-0.4, -0.2) is 110 Å². The molecule has 0 spiro atoms. The highest BCUT2D eigenvalue weighted by Gasteiger charge is 2.24. The molecule has 3 aliphatic heterocycles. The van der Waals surface area contributed by atoms with E-state index >= 15 is 0 Å². The molecule has 0 radical (unpaired) electrons. The van der Waals surface area contributed by atoms with Crippen LogP contribution >= 0.6 is 0 Å². The third kappa shape index (κ3) is 7.01. The minimum Gasteiger partial charge on any atom is -0.378 e. The number of carbonyl (C=O) groups excluding carboxylic acids is 2. The lowest BCUT2D eigenvalue weighted by atomic mass is 10.1. The Morgan fingerprint density at radius 2 is 1.30 bits per heavy atom. The van der Waals surface area contributed by atoms with Gasteiger partial charge in [-0.2, -0.15) is 15.0 Å². The number of morpholine rings is 2. The van der Waals surface area contributed by atoms with Crippen LogP contribution in [0.3, 0.4) is 0 Å². The number of hydrogen-bond acceptors (Lipinski definition) is 10. The van der Waals surface area contributed by atoms with Crippen molar-refractivity contribution in [3.05, 3.63) is 54.1 Å². The summed E-state index contributed by atoms with van der Waals surface area (Å²) in [6.45, 7) is 9.70. The number of anilines is 4. The van der Waals surface area contributed by atoms with Crippen molar-refractivity contribution in [3.63, 3.8) is 0 Å². The van der Waals surface area contributed by atoms with E-state index in [1.165, 1.54) is 0 Å². The number of carbonyl (C=O) groups is 2. The number of urea groups is 1. The van der Waals surface area contributed by atoms with Crippen molar-refractivity contribution in [2.75, 3.05) is 92.7 Å². The quantitative estimate of drug-likeness (QED) is 0.394.